The Labute approximate surface area is 365 Å². The fourth-order valence-corrected chi connectivity index (χ4v) is 6.69. The van der Waals surface area contributed by atoms with Gasteiger partial charge >= 0.3 is 23.9 Å². The lowest BCUT2D eigenvalue weighted by Gasteiger charge is -2.28. The van der Waals surface area contributed by atoms with E-state index in [1.165, 1.54) is 37.5 Å². The number of rotatable bonds is 14. The second kappa shape index (κ2) is 28.0. The van der Waals surface area contributed by atoms with Crippen LogP contribution in [0.3, 0.4) is 0 Å². The van der Waals surface area contributed by atoms with Crippen LogP contribution in [0.4, 0.5) is 0 Å². The first-order valence-corrected chi connectivity index (χ1v) is 20.8. The average molecular weight is 859 g/mol. The van der Waals surface area contributed by atoms with E-state index in [-0.39, 0.29) is 62.1 Å². The van der Waals surface area contributed by atoms with Crippen LogP contribution < -0.4 is 4.74 Å². The number of benzene rings is 2. The zero-order valence-electron chi connectivity index (χ0n) is 36.3. The molecule has 0 saturated heterocycles. The average Bonchev–Trinajstić information content (AvgIpc) is 3.25. The lowest BCUT2D eigenvalue weighted by atomic mass is 9.93. The maximum Gasteiger partial charge on any atom is 0.342 e. The fourth-order valence-electron chi connectivity index (χ4n) is 6.69. The summed E-state index contributed by atoms with van der Waals surface area (Å²) in [7, 11) is 3.10. The van der Waals surface area contributed by atoms with E-state index < -0.39 is 42.2 Å². The molecule has 2 aliphatic heterocycles. The van der Waals surface area contributed by atoms with Crippen LogP contribution in [0.1, 0.15) is 84.2 Å². The molecule has 0 aliphatic carbocycles. The molecular formula is C49H62O13. The number of aromatic hydroxyl groups is 1. The van der Waals surface area contributed by atoms with Gasteiger partial charge in [0.15, 0.2) is 0 Å². The lowest BCUT2D eigenvalue weighted by Crippen LogP contribution is -2.31. The van der Waals surface area contributed by atoms with Gasteiger partial charge in [-0.2, -0.15) is 0 Å². The number of aliphatic hydroxyl groups is 1. The number of carbonyl (C=O) groups excluding carboxylic acids is 4. The van der Waals surface area contributed by atoms with Gasteiger partial charge < -0.3 is 43.4 Å². The predicted octanol–water partition coefficient (Wildman–Crippen LogP) is 7.90. The van der Waals surface area contributed by atoms with E-state index >= 15 is 0 Å². The summed E-state index contributed by atoms with van der Waals surface area (Å²) in [5.74, 6) is -1.65. The Morgan fingerprint density at radius 1 is 0.758 bits per heavy atom. The van der Waals surface area contributed by atoms with Crippen LogP contribution >= 0.6 is 0 Å². The van der Waals surface area contributed by atoms with Gasteiger partial charge in [-0.05, 0) is 60.8 Å². The number of carbonyl (C=O) groups is 4. The van der Waals surface area contributed by atoms with Crippen molar-refractivity contribution in [2.45, 2.75) is 89.6 Å². The van der Waals surface area contributed by atoms with Crippen LogP contribution in [0.5, 0.6) is 11.5 Å². The largest absolute Gasteiger partial charge is 0.507 e. The van der Waals surface area contributed by atoms with Gasteiger partial charge in [0.05, 0.1) is 19.3 Å². The van der Waals surface area contributed by atoms with Gasteiger partial charge in [-0.25, -0.2) is 19.2 Å². The van der Waals surface area contributed by atoms with Crippen molar-refractivity contribution in [3.8, 4) is 11.5 Å². The summed E-state index contributed by atoms with van der Waals surface area (Å²) in [5, 5.41) is 20.7. The Kier molecular flexibility index (Phi) is 22.8. The number of fused-ring (bicyclic) bond motifs is 2. The molecule has 2 N–H and O–H groups in total. The maximum atomic E-state index is 13.2. The Balaban J connectivity index is 0.000000333. The minimum atomic E-state index is -0.679. The molecule has 4 rings (SSSR count). The van der Waals surface area contributed by atoms with E-state index in [0.717, 1.165) is 12.0 Å². The Bertz CT molecular complexity index is 1890. The van der Waals surface area contributed by atoms with E-state index in [9.17, 15) is 29.4 Å². The molecule has 13 heteroatoms. The van der Waals surface area contributed by atoms with Crippen molar-refractivity contribution in [2.75, 3.05) is 34.2 Å². The standard InChI is InChI=1S/C26H34O7.C23H28O6/c1-5-16-31-24(27)15-9-13-21-17-23(32-18-29-3)19(2)10-6-7-11-20-12-8-14-22(30-4)25(20)26(28)33-21;1-3-14-28-21(26)13-7-11-18-15-20(25)16(2)8-4-5-9-17-10-6-12-19(24)22(17)23(27)29-18/h5-9,12,14-15,19,21,23H,1,10-11,13,16-18H2,2-4H3;3-7,10,12-13,16,18,20,24-25H,1,8-9,11,14-15H2,2H3/b7-6+,15-9+;5-4+,13-7+/t19-,21?,23+;16-,18?,20+/m00/s1. The van der Waals surface area contributed by atoms with Gasteiger partial charge in [-0.15, -0.1) is 0 Å². The van der Waals surface area contributed by atoms with Crippen LogP contribution in [0, 0.1) is 11.8 Å². The summed E-state index contributed by atoms with van der Waals surface area (Å²) < 4.78 is 37.8. The highest BCUT2D eigenvalue weighted by Crippen LogP contribution is 2.29. The van der Waals surface area contributed by atoms with Gasteiger partial charge in [-0.1, -0.05) is 99.9 Å². The summed E-state index contributed by atoms with van der Waals surface area (Å²) in [6.45, 7) is 11.4. The zero-order valence-corrected chi connectivity index (χ0v) is 36.3. The predicted molar refractivity (Wildman–Crippen MR) is 235 cm³/mol. The first-order valence-electron chi connectivity index (χ1n) is 20.8. The van der Waals surface area contributed by atoms with Crippen LogP contribution in [0.15, 0.2) is 110 Å². The second-order valence-corrected chi connectivity index (χ2v) is 14.9. The number of methoxy groups -OCH3 is 2. The molecule has 62 heavy (non-hydrogen) atoms. The maximum absolute atomic E-state index is 13.2. The van der Waals surface area contributed by atoms with Crippen molar-refractivity contribution < 1.29 is 62.5 Å². The molecule has 0 bridgehead atoms. The summed E-state index contributed by atoms with van der Waals surface area (Å²) in [6.07, 6.45) is 18.5. The molecule has 0 amide bonds. The van der Waals surface area contributed by atoms with Crippen molar-refractivity contribution in [1.29, 1.82) is 0 Å². The fraction of sp³-hybridized carbons (Fsp3) is 0.429. The van der Waals surface area contributed by atoms with Gasteiger partial charge in [-0.3, -0.25) is 0 Å². The van der Waals surface area contributed by atoms with Crippen molar-refractivity contribution >= 4 is 23.9 Å². The van der Waals surface area contributed by atoms with Crippen LogP contribution in [0.25, 0.3) is 0 Å². The number of ether oxygens (including phenoxy) is 7. The highest BCUT2D eigenvalue weighted by Gasteiger charge is 2.28. The normalized spacial score (nSPS) is 23.1. The number of esters is 4. The SMILES string of the molecule is C=CCOC(=O)/C=C/CC1C[C@@H](O)[C@@H](C)C/C=C/Cc2cccc(O)c2C(=O)O1.C=CCOC(=O)/C=C/CC1C[C@@H](OCOC)[C@@H](C)C/C=C/Cc2cccc(OC)c2C(=O)O1. The third-order valence-electron chi connectivity index (χ3n) is 10.1. The molecule has 2 aromatic rings. The molecule has 2 aromatic carbocycles. The number of aliphatic hydroxyl groups excluding tert-OH is 1. The highest BCUT2D eigenvalue weighted by molar-refractivity contribution is 5.95. The lowest BCUT2D eigenvalue weighted by molar-refractivity contribution is -0.137. The molecule has 6 atom stereocenters. The third kappa shape index (κ3) is 17.3. The Morgan fingerprint density at radius 2 is 1.29 bits per heavy atom. The number of hydrogen-bond acceptors (Lipinski definition) is 13. The zero-order chi connectivity index (χ0) is 45.3. The molecule has 2 unspecified atom stereocenters. The first kappa shape index (κ1) is 50.6. The highest BCUT2D eigenvalue weighted by atomic mass is 16.7. The molecule has 336 valence electrons. The quantitative estimate of drug-likeness (QED) is 0.0618. The molecule has 0 saturated carbocycles. The molecule has 13 nitrogen and oxygen atoms in total. The molecule has 2 heterocycles. The van der Waals surface area contributed by atoms with E-state index in [1.807, 2.05) is 37.3 Å². The van der Waals surface area contributed by atoms with E-state index in [2.05, 4.69) is 26.2 Å². The summed E-state index contributed by atoms with van der Waals surface area (Å²) in [5.41, 5.74) is 2.03. The Hall–Kier alpha value is -5.76. The number of cyclic esters (lactones) is 2. The van der Waals surface area contributed by atoms with Gasteiger partial charge in [0.2, 0.25) is 0 Å². The molecule has 0 radical (unpaired) electrons. The number of phenolic OH excluding ortho intramolecular Hbond substituents is 1. The van der Waals surface area contributed by atoms with E-state index in [4.69, 9.17) is 33.2 Å². The van der Waals surface area contributed by atoms with Crippen molar-refractivity contribution in [3.63, 3.8) is 0 Å². The molecule has 0 fully saturated rings. The van der Waals surface area contributed by atoms with Gasteiger partial charge in [0.1, 0.15) is 54.8 Å². The van der Waals surface area contributed by atoms with Gasteiger partial charge in [0, 0.05) is 44.9 Å². The van der Waals surface area contributed by atoms with Gasteiger partial charge in [0.25, 0.3) is 0 Å². The summed E-state index contributed by atoms with van der Waals surface area (Å²) in [4.78, 5) is 49.4. The molecule has 0 spiro atoms. The smallest absolute Gasteiger partial charge is 0.342 e. The van der Waals surface area contributed by atoms with Crippen molar-refractivity contribution in [3.05, 3.63) is 133 Å². The van der Waals surface area contributed by atoms with Crippen LogP contribution in [0.2, 0.25) is 0 Å². The second-order valence-electron chi connectivity index (χ2n) is 14.9. The monoisotopic (exact) mass is 858 g/mol. The topological polar surface area (TPSA) is 173 Å². The number of allylic oxidation sites excluding steroid dienone is 4. The number of phenols is 1. The van der Waals surface area contributed by atoms with Crippen molar-refractivity contribution in [1.82, 2.24) is 0 Å². The summed E-state index contributed by atoms with van der Waals surface area (Å²) >= 11 is 0. The minimum Gasteiger partial charge on any atom is -0.507 e. The van der Waals surface area contributed by atoms with Crippen LogP contribution in [-0.4, -0.2) is 92.7 Å². The number of hydrogen-bond donors (Lipinski definition) is 2. The van der Waals surface area contributed by atoms with Crippen molar-refractivity contribution in [2.24, 2.45) is 11.8 Å². The molecular weight excluding hydrogens is 797 g/mol. The summed E-state index contributed by atoms with van der Waals surface area (Å²) in [6, 6.07) is 10.4. The van der Waals surface area contributed by atoms with E-state index in [1.54, 1.807) is 37.5 Å². The molecule has 2 aliphatic rings. The molecule has 0 aromatic heterocycles. The van der Waals surface area contributed by atoms with E-state index in [0.29, 0.717) is 49.0 Å². The van der Waals surface area contributed by atoms with Crippen LogP contribution in [-0.2, 0) is 50.9 Å². The Morgan fingerprint density at radius 3 is 1.85 bits per heavy atom. The third-order valence-corrected chi connectivity index (χ3v) is 10.1. The minimum absolute atomic E-state index is 0.0166. The first-order chi connectivity index (χ1) is 29.9.